The van der Waals surface area contributed by atoms with Gasteiger partial charge in [-0.3, -0.25) is 9.48 Å². The molecule has 1 amide bonds. The number of hydrogen-bond acceptors (Lipinski definition) is 5. The highest BCUT2D eigenvalue weighted by atomic mass is 16.2. The molecule has 0 atom stereocenters. The maximum absolute atomic E-state index is 13.1. The third-order valence-electron chi connectivity index (χ3n) is 5.62. The molecule has 2 aliphatic heterocycles. The number of aryl methyl sites for hydroxylation is 2. The van der Waals surface area contributed by atoms with Gasteiger partial charge in [0.25, 0.3) is 0 Å². The number of nitrogens with zero attached hydrogens (tertiary/aromatic N) is 6. The molecule has 7 nitrogen and oxygen atoms in total. The van der Waals surface area contributed by atoms with Crippen LogP contribution in [0.1, 0.15) is 31.7 Å². The highest BCUT2D eigenvalue weighted by Gasteiger charge is 2.48. The summed E-state index contributed by atoms with van der Waals surface area (Å²) in [5.74, 6) is 1.03. The van der Waals surface area contributed by atoms with Crippen molar-refractivity contribution in [1.29, 1.82) is 0 Å². The number of amides is 1. The van der Waals surface area contributed by atoms with Gasteiger partial charge in [0.15, 0.2) is 0 Å². The van der Waals surface area contributed by atoms with Crippen LogP contribution in [0.4, 0.5) is 11.6 Å². The first kappa shape index (κ1) is 16.1. The van der Waals surface area contributed by atoms with Crippen LogP contribution >= 0.6 is 0 Å². The van der Waals surface area contributed by atoms with Gasteiger partial charge in [0.1, 0.15) is 0 Å². The van der Waals surface area contributed by atoms with E-state index in [4.69, 9.17) is 0 Å². The fourth-order valence-electron chi connectivity index (χ4n) is 3.91. The topological polar surface area (TPSA) is 67.2 Å². The van der Waals surface area contributed by atoms with Crippen molar-refractivity contribution in [2.75, 3.05) is 29.4 Å². The number of anilines is 2. The molecule has 4 heterocycles. The zero-order valence-corrected chi connectivity index (χ0v) is 14.9. The summed E-state index contributed by atoms with van der Waals surface area (Å²) in [7, 11) is 1.88. The van der Waals surface area contributed by atoms with Crippen LogP contribution in [-0.2, 0) is 18.3 Å². The van der Waals surface area contributed by atoms with Gasteiger partial charge >= 0.3 is 0 Å². The van der Waals surface area contributed by atoms with E-state index in [2.05, 4.69) is 26.9 Å². The molecule has 0 bridgehead atoms. The molecule has 0 radical (unpaired) electrons. The standard InChI is InChI=1S/C18H24N6O/c1-3-14-10-19-17(20-11-14)23-7-4-18(5-8-23)6-9-24(16(18)25)15-12-21-22(2)13-15/h10-13H,3-9H2,1-2H3. The van der Waals surface area contributed by atoms with E-state index < -0.39 is 0 Å². The lowest BCUT2D eigenvalue weighted by atomic mass is 9.77. The fourth-order valence-corrected chi connectivity index (χ4v) is 3.91. The lowest BCUT2D eigenvalue weighted by Gasteiger charge is -2.37. The van der Waals surface area contributed by atoms with E-state index in [9.17, 15) is 4.79 Å². The quantitative estimate of drug-likeness (QED) is 0.852. The van der Waals surface area contributed by atoms with Crippen molar-refractivity contribution < 1.29 is 4.79 Å². The lowest BCUT2D eigenvalue weighted by Crippen LogP contribution is -2.45. The van der Waals surface area contributed by atoms with Gasteiger partial charge < -0.3 is 9.80 Å². The van der Waals surface area contributed by atoms with Crippen molar-refractivity contribution in [3.8, 4) is 0 Å². The first-order valence-electron chi connectivity index (χ1n) is 8.98. The van der Waals surface area contributed by atoms with E-state index in [1.54, 1.807) is 10.9 Å². The number of piperidine rings is 1. The summed E-state index contributed by atoms with van der Waals surface area (Å²) in [5, 5.41) is 4.19. The number of carbonyl (C=O) groups is 1. The van der Waals surface area contributed by atoms with Gasteiger partial charge in [0.2, 0.25) is 11.9 Å². The molecule has 2 aromatic rings. The number of carbonyl (C=O) groups excluding carboxylic acids is 1. The van der Waals surface area contributed by atoms with Gasteiger partial charge in [-0.2, -0.15) is 5.10 Å². The highest BCUT2D eigenvalue weighted by Crippen LogP contribution is 2.43. The van der Waals surface area contributed by atoms with Gasteiger partial charge in [-0.1, -0.05) is 6.92 Å². The van der Waals surface area contributed by atoms with E-state index in [1.165, 1.54) is 0 Å². The first-order valence-corrected chi connectivity index (χ1v) is 8.98. The summed E-state index contributed by atoms with van der Waals surface area (Å²) in [6, 6.07) is 0. The summed E-state index contributed by atoms with van der Waals surface area (Å²) in [6.07, 6.45) is 11.1. The Morgan fingerprint density at radius 3 is 2.36 bits per heavy atom. The van der Waals surface area contributed by atoms with E-state index in [0.717, 1.165) is 62.5 Å². The summed E-state index contributed by atoms with van der Waals surface area (Å²) in [5.41, 5.74) is 1.83. The van der Waals surface area contributed by atoms with Crippen molar-refractivity contribution in [2.45, 2.75) is 32.6 Å². The Morgan fingerprint density at radius 2 is 1.76 bits per heavy atom. The smallest absolute Gasteiger partial charge is 0.233 e. The third-order valence-corrected chi connectivity index (χ3v) is 5.62. The zero-order chi connectivity index (χ0) is 17.4. The summed E-state index contributed by atoms with van der Waals surface area (Å²) < 4.78 is 1.74. The summed E-state index contributed by atoms with van der Waals surface area (Å²) in [6.45, 7) is 4.55. The third kappa shape index (κ3) is 2.77. The van der Waals surface area contributed by atoms with E-state index in [-0.39, 0.29) is 11.3 Å². The molecule has 7 heteroatoms. The predicted molar refractivity (Wildman–Crippen MR) is 95.5 cm³/mol. The molecule has 2 aliphatic rings. The SMILES string of the molecule is CCc1cnc(N2CCC3(CC2)CCN(c2cnn(C)c2)C3=O)nc1. The zero-order valence-electron chi connectivity index (χ0n) is 14.9. The Morgan fingerprint density at radius 1 is 1.08 bits per heavy atom. The summed E-state index contributed by atoms with van der Waals surface area (Å²) >= 11 is 0. The number of hydrogen-bond donors (Lipinski definition) is 0. The molecule has 0 N–H and O–H groups in total. The average molecular weight is 340 g/mol. The predicted octanol–water partition coefficient (Wildman–Crippen LogP) is 1.80. The normalized spacial score (nSPS) is 19.8. The molecule has 1 spiro atoms. The van der Waals surface area contributed by atoms with Gasteiger partial charge in [-0.25, -0.2) is 9.97 Å². The second-order valence-electron chi connectivity index (χ2n) is 7.09. The minimum atomic E-state index is -0.226. The van der Waals surface area contributed by atoms with Crippen LogP contribution in [0.5, 0.6) is 0 Å². The molecule has 4 rings (SSSR count). The Kier molecular flexibility index (Phi) is 3.94. The van der Waals surface area contributed by atoms with E-state index in [0.29, 0.717) is 0 Å². The fraction of sp³-hybridized carbons (Fsp3) is 0.556. The lowest BCUT2D eigenvalue weighted by molar-refractivity contribution is -0.126. The van der Waals surface area contributed by atoms with Crippen molar-refractivity contribution in [3.05, 3.63) is 30.4 Å². The Labute approximate surface area is 147 Å². The van der Waals surface area contributed by atoms with Crippen molar-refractivity contribution >= 4 is 17.5 Å². The van der Waals surface area contributed by atoms with Crippen molar-refractivity contribution in [2.24, 2.45) is 12.5 Å². The van der Waals surface area contributed by atoms with Crippen LogP contribution < -0.4 is 9.80 Å². The highest BCUT2D eigenvalue weighted by molar-refractivity contribution is 5.99. The average Bonchev–Trinajstić information content (AvgIpc) is 3.20. The molecule has 0 unspecified atom stereocenters. The molecule has 2 aromatic heterocycles. The molecule has 0 aromatic carbocycles. The number of aromatic nitrogens is 4. The van der Waals surface area contributed by atoms with Gasteiger partial charge in [-0.05, 0) is 31.2 Å². The Bertz CT molecular complexity index is 760. The first-order chi connectivity index (χ1) is 12.1. The van der Waals surface area contributed by atoms with Crippen LogP contribution in [0.15, 0.2) is 24.8 Å². The van der Waals surface area contributed by atoms with E-state index in [1.807, 2.05) is 30.5 Å². The van der Waals surface area contributed by atoms with Crippen molar-refractivity contribution in [1.82, 2.24) is 19.7 Å². The maximum Gasteiger partial charge on any atom is 0.233 e. The monoisotopic (exact) mass is 340 g/mol. The molecular weight excluding hydrogens is 316 g/mol. The molecule has 0 saturated carbocycles. The Hall–Kier alpha value is -2.44. The molecule has 2 saturated heterocycles. The van der Waals surface area contributed by atoms with Gasteiger partial charge in [0, 0.05) is 45.3 Å². The van der Waals surface area contributed by atoms with Crippen LogP contribution in [0.2, 0.25) is 0 Å². The van der Waals surface area contributed by atoms with Crippen LogP contribution in [0.3, 0.4) is 0 Å². The minimum Gasteiger partial charge on any atom is -0.341 e. The van der Waals surface area contributed by atoms with Crippen LogP contribution in [-0.4, -0.2) is 45.3 Å². The molecule has 0 aliphatic carbocycles. The second kappa shape index (κ2) is 6.13. The molecule has 2 fully saturated rings. The number of rotatable bonds is 3. The van der Waals surface area contributed by atoms with Crippen LogP contribution in [0, 0.1) is 5.41 Å². The van der Waals surface area contributed by atoms with Gasteiger partial charge in [0.05, 0.1) is 17.3 Å². The van der Waals surface area contributed by atoms with Gasteiger partial charge in [-0.15, -0.1) is 0 Å². The summed E-state index contributed by atoms with van der Waals surface area (Å²) in [4.78, 5) is 26.1. The molecule has 132 valence electrons. The van der Waals surface area contributed by atoms with Crippen LogP contribution in [0.25, 0.3) is 0 Å². The van der Waals surface area contributed by atoms with Crippen molar-refractivity contribution in [3.63, 3.8) is 0 Å². The minimum absolute atomic E-state index is 0.226. The largest absolute Gasteiger partial charge is 0.341 e. The molecular formula is C18H24N6O. The molecule has 25 heavy (non-hydrogen) atoms. The van der Waals surface area contributed by atoms with E-state index >= 15 is 0 Å². The second-order valence-corrected chi connectivity index (χ2v) is 7.09. The Balaban J connectivity index is 1.44. The maximum atomic E-state index is 13.1.